The molecule has 0 atom stereocenters. The van der Waals surface area contributed by atoms with Crippen molar-refractivity contribution in [1.29, 1.82) is 0 Å². The molecule has 0 aliphatic rings. The van der Waals surface area contributed by atoms with Gasteiger partial charge in [0, 0.05) is 13.0 Å². The second-order valence-corrected chi connectivity index (χ2v) is 3.34. The zero-order valence-corrected chi connectivity index (χ0v) is 7.89. The lowest BCUT2D eigenvalue weighted by Gasteiger charge is -1.99. The lowest BCUT2D eigenvalue weighted by molar-refractivity contribution is 0.744. The number of nitrogens with zero attached hydrogens (tertiary/aromatic N) is 5. The van der Waals surface area contributed by atoms with Crippen LogP contribution in [0.4, 0.5) is 0 Å². The molecule has 5 heteroatoms. The Balaban J connectivity index is 2.61. The lowest BCUT2D eigenvalue weighted by atomic mass is 10.2. The molecule has 0 fully saturated rings. The minimum atomic E-state index is 0.303. The second-order valence-electron chi connectivity index (χ2n) is 3.34. The predicted molar refractivity (Wildman–Crippen MR) is 48.2 cm³/mol. The van der Waals surface area contributed by atoms with Crippen molar-refractivity contribution in [2.45, 2.75) is 19.8 Å². The van der Waals surface area contributed by atoms with Crippen molar-refractivity contribution in [3.8, 4) is 0 Å². The average Bonchev–Trinajstić information content (AvgIpc) is 2.42. The predicted octanol–water partition coefficient (Wildman–Crippen LogP) is 0.882. The first-order valence-corrected chi connectivity index (χ1v) is 4.21. The van der Waals surface area contributed by atoms with Gasteiger partial charge in [0.15, 0.2) is 5.82 Å². The van der Waals surface area contributed by atoms with Crippen LogP contribution in [0.5, 0.6) is 0 Å². The molecular formula is C8H11N5. The molecule has 5 nitrogen and oxygen atoms in total. The molecular weight excluding hydrogens is 166 g/mol. The first-order valence-electron chi connectivity index (χ1n) is 4.21. The Morgan fingerprint density at radius 1 is 1.31 bits per heavy atom. The van der Waals surface area contributed by atoms with Gasteiger partial charge in [0.05, 0.1) is 6.20 Å². The van der Waals surface area contributed by atoms with E-state index in [9.17, 15) is 0 Å². The number of fused-ring (bicyclic) bond motifs is 1. The summed E-state index contributed by atoms with van der Waals surface area (Å²) in [4.78, 5) is 4.34. The van der Waals surface area contributed by atoms with Crippen LogP contribution in [-0.4, -0.2) is 25.0 Å². The van der Waals surface area contributed by atoms with Gasteiger partial charge in [-0.3, -0.25) is 4.68 Å². The smallest absolute Gasteiger partial charge is 0.221 e. The molecule has 0 amide bonds. The van der Waals surface area contributed by atoms with Crippen LogP contribution < -0.4 is 0 Å². The van der Waals surface area contributed by atoms with Crippen LogP contribution in [0.15, 0.2) is 6.20 Å². The zero-order valence-electron chi connectivity index (χ0n) is 7.89. The highest BCUT2D eigenvalue weighted by molar-refractivity contribution is 5.67. The van der Waals surface area contributed by atoms with Gasteiger partial charge < -0.3 is 0 Å². The van der Waals surface area contributed by atoms with E-state index >= 15 is 0 Å². The van der Waals surface area contributed by atoms with E-state index in [1.54, 1.807) is 4.68 Å². The highest BCUT2D eigenvalue weighted by atomic mass is 15.3. The van der Waals surface area contributed by atoms with Gasteiger partial charge >= 0.3 is 0 Å². The summed E-state index contributed by atoms with van der Waals surface area (Å²) in [6, 6.07) is 0. The number of rotatable bonds is 1. The first-order chi connectivity index (χ1) is 6.16. The van der Waals surface area contributed by atoms with Crippen molar-refractivity contribution >= 4 is 11.2 Å². The van der Waals surface area contributed by atoms with E-state index in [1.807, 2.05) is 27.1 Å². The van der Waals surface area contributed by atoms with Crippen molar-refractivity contribution in [3.05, 3.63) is 12.0 Å². The molecule has 68 valence electrons. The fourth-order valence-corrected chi connectivity index (χ4v) is 1.10. The molecule has 0 bridgehead atoms. The van der Waals surface area contributed by atoms with E-state index in [-0.39, 0.29) is 0 Å². The molecule has 0 unspecified atom stereocenters. The highest BCUT2D eigenvalue weighted by Gasteiger charge is 2.07. The molecule has 0 spiro atoms. The molecule has 2 aromatic heterocycles. The van der Waals surface area contributed by atoms with Gasteiger partial charge in [-0.1, -0.05) is 13.8 Å². The summed E-state index contributed by atoms with van der Waals surface area (Å²) in [5.74, 6) is 1.07. The van der Waals surface area contributed by atoms with E-state index in [4.69, 9.17) is 0 Å². The maximum absolute atomic E-state index is 4.34. The van der Waals surface area contributed by atoms with Crippen LogP contribution in [0.25, 0.3) is 11.2 Å². The lowest BCUT2D eigenvalue weighted by Crippen LogP contribution is -1.99. The molecule has 2 heterocycles. The van der Waals surface area contributed by atoms with Crippen LogP contribution >= 0.6 is 0 Å². The van der Waals surface area contributed by atoms with E-state index in [1.165, 1.54) is 0 Å². The molecule has 0 saturated heterocycles. The summed E-state index contributed by atoms with van der Waals surface area (Å²) < 4.78 is 1.69. The zero-order chi connectivity index (χ0) is 9.42. The Labute approximate surface area is 75.8 Å². The van der Waals surface area contributed by atoms with Gasteiger partial charge in [0.2, 0.25) is 5.65 Å². The minimum Gasteiger partial charge on any atom is -0.271 e. The number of aryl methyl sites for hydroxylation is 1. The van der Waals surface area contributed by atoms with Gasteiger partial charge in [-0.25, -0.2) is 4.98 Å². The number of hydrogen-bond donors (Lipinski definition) is 0. The van der Waals surface area contributed by atoms with Gasteiger partial charge in [-0.05, 0) is 0 Å². The fraction of sp³-hybridized carbons (Fsp3) is 0.500. The molecule has 0 radical (unpaired) electrons. The quantitative estimate of drug-likeness (QED) is 0.648. The summed E-state index contributed by atoms with van der Waals surface area (Å²) >= 11 is 0. The van der Waals surface area contributed by atoms with Crippen LogP contribution in [0.2, 0.25) is 0 Å². The Morgan fingerprint density at radius 3 is 2.77 bits per heavy atom. The Hall–Kier alpha value is -1.52. The molecule has 2 rings (SSSR count). The van der Waals surface area contributed by atoms with Crippen molar-refractivity contribution in [3.63, 3.8) is 0 Å². The van der Waals surface area contributed by atoms with Crippen molar-refractivity contribution in [1.82, 2.24) is 25.0 Å². The molecule has 0 saturated carbocycles. The van der Waals surface area contributed by atoms with E-state index < -0.39 is 0 Å². The molecule has 2 aromatic rings. The van der Waals surface area contributed by atoms with Gasteiger partial charge in [-0.15, -0.1) is 15.3 Å². The molecule has 0 N–H and O–H groups in total. The monoisotopic (exact) mass is 177 g/mol. The van der Waals surface area contributed by atoms with Crippen molar-refractivity contribution in [2.75, 3.05) is 0 Å². The summed E-state index contributed by atoms with van der Waals surface area (Å²) in [6.45, 7) is 4.08. The standard InChI is InChI=1S/C8H11N5/c1-5(2)7-9-6-4-13(3)12-8(6)11-10-7/h4-5H,1-3H3. The second kappa shape index (κ2) is 2.76. The van der Waals surface area contributed by atoms with E-state index in [2.05, 4.69) is 20.3 Å². The van der Waals surface area contributed by atoms with Crippen molar-refractivity contribution in [2.24, 2.45) is 7.05 Å². The maximum atomic E-state index is 4.34. The van der Waals surface area contributed by atoms with Crippen LogP contribution in [-0.2, 0) is 7.05 Å². The van der Waals surface area contributed by atoms with E-state index in [0.29, 0.717) is 11.6 Å². The topological polar surface area (TPSA) is 56.5 Å². The number of aromatic nitrogens is 5. The highest BCUT2D eigenvalue weighted by Crippen LogP contribution is 2.10. The molecule has 0 aromatic carbocycles. The summed E-state index contributed by atoms with van der Waals surface area (Å²) in [5.41, 5.74) is 1.41. The average molecular weight is 177 g/mol. The van der Waals surface area contributed by atoms with Crippen LogP contribution in [0.3, 0.4) is 0 Å². The van der Waals surface area contributed by atoms with Crippen LogP contribution in [0.1, 0.15) is 25.6 Å². The summed E-state index contributed by atoms with van der Waals surface area (Å²) in [7, 11) is 1.85. The number of hydrogen-bond acceptors (Lipinski definition) is 4. The Bertz CT molecular complexity index is 431. The largest absolute Gasteiger partial charge is 0.271 e. The summed E-state index contributed by atoms with van der Waals surface area (Å²) in [6.07, 6.45) is 1.84. The third kappa shape index (κ3) is 1.37. The normalized spacial score (nSPS) is 11.4. The van der Waals surface area contributed by atoms with Crippen LogP contribution in [0, 0.1) is 0 Å². The third-order valence-electron chi connectivity index (χ3n) is 1.79. The molecule has 13 heavy (non-hydrogen) atoms. The molecule has 0 aliphatic carbocycles. The van der Waals surface area contributed by atoms with Gasteiger partial charge in [-0.2, -0.15) is 0 Å². The molecule has 0 aliphatic heterocycles. The Morgan fingerprint density at radius 2 is 2.08 bits per heavy atom. The van der Waals surface area contributed by atoms with Gasteiger partial charge in [0.25, 0.3) is 0 Å². The minimum absolute atomic E-state index is 0.303. The first kappa shape index (κ1) is 8.10. The summed E-state index contributed by atoms with van der Waals surface area (Å²) in [5, 5.41) is 12.1. The van der Waals surface area contributed by atoms with E-state index in [0.717, 1.165) is 11.3 Å². The Kier molecular flexibility index (Phi) is 1.72. The maximum Gasteiger partial charge on any atom is 0.221 e. The third-order valence-corrected chi connectivity index (χ3v) is 1.79. The van der Waals surface area contributed by atoms with Crippen molar-refractivity contribution < 1.29 is 0 Å². The van der Waals surface area contributed by atoms with Gasteiger partial charge in [0.1, 0.15) is 5.52 Å². The SMILES string of the molecule is CC(C)c1nnc2nn(C)cc2n1. The fourth-order valence-electron chi connectivity index (χ4n) is 1.10.